The number of hydrogen-bond acceptors (Lipinski definition) is 3. The zero-order valence-electron chi connectivity index (χ0n) is 9.97. The molecule has 0 aliphatic carbocycles. The van der Waals surface area contributed by atoms with Gasteiger partial charge in [-0.1, -0.05) is 12.1 Å². The van der Waals surface area contributed by atoms with Gasteiger partial charge in [0.1, 0.15) is 0 Å². The summed E-state index contributed by atoms with van der Waals surface area (Å²) in [6.07, 6.45) is 0. The molecule has 1 heterocycles. The van der Waals surface area contributed by atoms with Crippen LogP contribution >= 0.6 is 46.1 Å². The fraction of sp³-hybridized carbons (Fsp3) is 0.0714. The summed E-state index contributed by atoms with van der Waals surface area (Å²) in [5.74, 6) is 0. The van der Waals surface area contributed by atoms with Gasteiger partial charge in [0, 0.05) is 9.26 Å². The molecule has 0 amide bonds. The predicted molar refractivity (Wildman–Crippen MR) is 93.4 cm³/mol. The first-order chi connectivity index (χ1) is 9.24. The first-order valence-electron chi connectivity index (χ1n) is 5.82. The van der Waals surface area contributed by atoms with Crippen molar-refractivity contribution in [2.24, 2.45) is 0 Å². The second-order valence-corrected chi connectivity index (χ2v) is 7.03. The Kier molecular flexibility index (Phi) is 3.86. The number of anilines is 1. The van der Waals surface area contributed by atoms with Crippen molar-refractivity contribution in [1.29, 1.82) is 0 Å². The first kappa shape index (κ1) is 13.1. The average Bonchev–Trinajstić information content (AvgIpc) is 2.74. The van der Waals surface area contributed by atoms with Crippen LogP contribution in [0.3, 0.4) is 0 Å². The Labute approximate surface area is 134 Å². The summed E-state index contributed by atoms with van der Waals surface area (Å²) in [5.41, 5.74) is 2.30. The first-order valence-corrected chi connectivity index (χ1v) is 8.12. The smallest absolute Gasteiger partial charge is 0.163 e. The molecule has 2 nitrogen and oxygen atoms in total. The van der Waals surface area contributed by atoms with E-state index in [0.717, 1.165) is 9.64 Å². The number of nitrogens with one attached hydrogen (secondary N) is 1. The van der Waals surface area contributed by atoms with Gasteiger partial charge in [0.05, 0.1) is 16.9 Å². The molecule has 3 aromatic rings. The van der Waals surface area contributed by atoms with Gasteiger partial charge in [0.25, 0.3) is 0 Å². The van der Waals surface area contributed by atoms with E-state index in [1.54, 1.807) is 11.3 Å². The number of rotatable bonds is 3. The molecule has 0 spiro atoms. The zero-order chi connectivity index (χ0) is 13.2. The van der Waals surface area contributed by atoms with Crippen molar-refractivity contribution in [3.63, 3.8) is 0 Å². The van der Waals surface area contributed by atoms with Crippen LogP contribution in [-0.4, -0.2) is 4.57 Å². The van der Waals surface area contributed by atoms with Gasteiger partial charge in [0.2, 0.25) is 0 Å². The number of para-hydroxylation sites is 1. The van der Waals surface area contributed by atoms with Crippen LogP contribution in [0.5, 0.6) is 0 Å². The van der Waals surface area contributed by atoms with E-state index in [4.69, 9.17) is 12.2 Å². The van der Waals surface area contributed by atoms with Crippen molar-refractivity contribution < 1.29 is 0 Å². The Balaban J connectivity index is 1.87. The highest BCUT2D eigenvalue weighted by molar-refractivity contribution is 14.1. The Morgan fingerprint density at radius 2 is 1.84 bits per heavy atom. The second kappa shape index (κ2) is 5.60. The molecule has 0 aliphatic heterocycles. The Bertz CT molecular complexity index is 759. The van der Waals surface area contributed by atoms with Gasteiger partial charge in [-0.15, -0.1) is 11.3 Å². The van der Waals surface area contributed by atoms with E-state index in [0.29, 0.717) is 6.67 Å². The zero-order valence-corrected chi connectivity index (χ0v) is 13.8. The van der Waals surface area contributed by atoms with Gasteiger partial charge in [-0.25, -0.2) is 0 Å². The third-order valence-corrected chi connectivity index (χ3v) is 5.01. The minimum Gasteiger partial charge on any atom is -0.367 e. The monoisotopic (exact) mass is 398 g/mol. The molecule has 0 radical (unpaired) electrons. The quantitative estimate of drug-likeness (QED) is 0.488. The maximum Gasteiger partial charge on any atom is 0.163 e. The van der Waals surface area contributed by atoms with Gasteiger partial charge in [-0.2, -0.15) is 0 Å². The molecule has 2 aromatic carbocycles. The number of hydrogen-bond donors (Lipinski definition) is 1. The molecule has 3 rings (SSSR count). The molecular formula is C14H11IN2S2. The van der Waals surface area contributed by atoms with Crippen LogP contribution in [0.25, 0.3) is 10.2 Å². The molecule has 19 heavy (non-hydrogen) atoms. The number of fused-ring (bicyclic) bond motifs is 1. The molecule has 0 saturated heterocycles. The molecule has 1 aromatic heterocycles. The summed E-state index contributed by atoms with van der Waals surface area (Å²) in [6, 6.07) is 16.7. The van der Waals surface area contributed by atoms with Crippen LogP contribution in [0.1, 0.15) is 0 Å². The third kappa shape index (κ3) is 2.82. The number of halogens is 1. The standard InChI is InChI=1S/C14H11IN2S2/c15-10-5-7-11(8-6-10)16-9-17-12-3-1-2-4-13(12)19-14(17)18/h1-8,16H,9H2. The van der Waals surface area contributed by atoms with E-state index in [9.17, 15) is 0 Å². The summed E-state index contributed by atoms with van der Waals surface area (Å²) < 4.78 is 5.50. The maximum absolute atomic E-state index is 5.43. The molecule has 0 atom stereocenters. The summed E-state index contributed by atoms with van der Waals surface area (Å²) in [6.45, 7) is 0.698. The van der Waals surface area contributed by atoms with E-state index >= 15 is 0 Å². The van der Waals surface area contributed by atoms with Gasteiger partial charge in [-0.05, 0) is 71.2 Å². The summed E-state index contributed by atoms with van der Waals surface area (Å²) in [5, 5.41) is 3.41. The fourth-order valence-corrected chi connectivity index (χ4v) is 3.58. The summed E-state index contributed by atoms with van der Waals surface area (Å²) in [7, 11) is 0. The van der Waals surface area contributed by atoms with Crippen molar-refractivity contribution >= 4 is 62.0 Å². The lowest BCUT2D eigenvalue weighted by Crippen LogP contribution is -2.07. The lowest BCUT2D eigenvalue weighted by Gasteiger charge is -2.08. The molecule has 1 N–H and O–H groups in total. The van der Waals surface area contributed by atoms with E-state index in [1.165, 1.54) is 13.8 Å². The van der Waals surface area contributed by atoms with Crippen molar-refractivity contribution in [1.82, 2.24) is 4.57 Å². The van der Waals surface area contributed by atoms with Crippen molar-refractivity contribution in [2.45, 2.75) is 6.67 Å². The normalized spacial score (nSPS) is 10.8. The van der Waals surface area contributed by atoms with Gasteiger partial charge >= 0.3 is 0 Å². The van der Waals surface area contributed by atoms with Crippen molar-refractivity contribution in [2.75, 3.05) is 5.32 Å². The molecular weight excluding hydrogens is 387 g/mol. The van der Waals surface area contributed by atoms with Crippen LogP contribution in [0.4, 0.5) is 5.69 Å². The van der Waals surface area contributed by atoms with Gasteiger partial charge in [-0.3, -0.25) is 0 Å². The fourth-order valence-electron chi connectivity index (χ4n) is 1.90. The molecule has 0 unspecified atom stereocenters. The minimum atomic E-state index is 0.698. The number of aromatic nitrogens is 1. The topological polar surface area (TPSA) is 17.0 Å². The van der Waals surface area contributed by atoms with Crippen molar-refractivity contribution in [3.8, 4) is 0 Å². The number of nitrogens with zero attached hydrogens (tertiary/aromatic N) is 1. The molecule has 0 fully saturated rings. The molecule has 5 heteroatoms. The van der Waals surface area contributed by atoms with Gasteiger partial charge in [0.15, 0.2) is 3.95 Å². The molecule has 0 bridgehead atoms. The summed E-state index contributed by atoms with van der Waals surface area (Å²) >= 11 is 9.39. The molecule has 96 valence electrons. The average molecular weight is 398 g/mol. The summed E-state index contributed by atoms with van der Waals surface area (Å²) in [4.78, 5) is 0. The van der Waals surface area contributed by atoms with Crippen LogP contribution < -0.4 is 5.32 Å². The molecule has 0 saturated carbocycles. The van der Waals surface area contributed by atoms with E-state index in [-0.39, 0.29) is 0 Å². The lowest BCUT2D eigenvalue weighted by molar-refractivity contribution is 0.807. The highest BCUT2D eigenvalue weighted by Crippen LogP contribution is 2.23. The van der Waals surface area contributed by atoms with Crippen LogP contribution in [-0.2, 0) is 6.67 Å². The SMILES string of the molecule is S=c1sc2ccccc2n1CNc1ccc(I)cc1. The van der Waals surface area contributed by atoms with Crippen LogP contribution in [0.15, 0.2) is 48.5 Å². The van der Waals surface area contributed by atoms with Crippen LogP contribution in [0.2, 0.25) is 0 Å². The maximum atomic E-state index is 5.43. The van der Waals surface area contributed by atoms with E-state index < -0.39 is 0 Å². The van der Waals surface area contributed by atoms with E-state index in [1.807, 2.05) is 12.1 Å². The number of benzene rings is 2. The lowest BCUT2D eigenvalue weighted by atomic mass is 10.3. The second-order valence-electron chi connectivity index (χ2n) is 4.11. The predicted octanol–water partition coefficient (Wildman–Crippen LogP) is 5.11. The van der Waals surface area contributed by atoms with E-state index in [2.05, 4.69) is 68.9 Å². The Morgan fingerprint density at radius 1 is 1.11 bits per heavy atom. The van der Waals surface area contributed by atoms with Crippen LogP contribution in [0, 0.1) is 7.52 Å². The molecule has 0 aliphatic rings. The largest absolute Gasteiger partial charge is 0.367 e. The Hall–Kier alpha value is -0.920. The Morgan fingerprint density at radius 3 is 2.63 bits per heavy atom. The minimum absolute atomic E-state index is 0.698. The van der Waals surface area contributed by atoms with Crippen molar-refractivity contribution in [3.05, 3.63) is 56.1 Å². The highest BCUT2D eigenvalue weighted by atomic mass is 127. The highest BCUT2D eigenvalue weighted by Gasteiger charge is 2.03. The number of thiazole rings is 1. The third-order valence-electron chi connectivity index (χ3n) is 2.86. The van der Waals surface area contributed by atoms with Gasteiger partial charge < -0.3 is 9.88 Å².